The zero-order valence-corrected chi connectivity index (χ0v) is 14.8. The van der Waals surface area contributed by atoms with Crippen LogP contribution in [0.25, 0.3) is 0 Å². The van der Waals surface area contributed by atoms with E-state index in [0.717, 1.165) is 6.42 Å². The topological polar surface area (TPSA) is 125 Å². The lowest BCUT2D eigenvalue weighted by Gasteiger charge is -2.12. The number of nitrogen functional groups attached to an aromatic ring is 1. The SMILES string of the molecule is CCCc1[nH]c(=O)nc(N)c1C(=N)c1ccc(Oc2ccc(O)cc2)cc1. The van der Waals surface area contributed by atoms with E-state index in [4.69, 9.17) is 15.9 Å². The summed E-state index contributed by atoms with van der Waals surface area (Å²) in [6.45, 7) is 1.98. The number of aromatic nitrogens is 2. The van der Waals surface area contributed by atoms with Crippen LogP contribution in [0.4, 0.5) is 5.82 Å². The summed E-state index contributed by atoms with van der Waals surface area (Å²) in [6, 6.07) is 13.4. The fourth-order valence-electron chi connectivity index (χ4n) is 2.74. The second-order valence-electron chi connectivity index (χ2n) is 6.03. The molecule has 7 heteroatoms. The minimum absolute atomic E-state index is 0.0524. The normalized spacial score (nSPS) is 10.6. The number of nitrogens with two attached hydrogens (primary N) is 1. The first kappa shape index (κ1) is 18.2. The third-order valence-electron chi connectivity index (χ3n) is 4.00. The molecule has 0 spiro atoms. The fourth-order valence-corrected chi connectivity index (χ4v) is 2.74. The van der Waals surface area contributed by atoms with Crippen LogP contribution in [0.15, 0.2) is 53.3 Å². The first-order valence-electron chi connectivity index (χ1n) is 8.53. The molecule has 3 rings (SSSR count). The van der Waals surface area contributed by atoms with Gasteiger partial charge in [-0.3, -0.25) is 5.41 Å². The summed E-state index contributed by atoms with van der Waals surface area (Å²) >= 11 is 0. The molecule has 0 aliphatic heterocycles. The first-order valence-corrected chi connectivity index (χ1v) is 8.53. The zero-order chi connectivity index (χ0) is 19.4. The second-order valence-corrected chi connectivity index (χ2v) is 6.03. The van der Waals surface area contributed by atoms with E-state index in [-0.39, 0.29) is 17.3 Å². The Labute approximate surface area is 156 Å². The molecule has 0 radical (unpaired) electrons. The molecular weight excluding hydrogens is 344 g/mol. The van der Waals surface area contributed by atoms with Gasteiger partial charge in [-0.15, -0.1) is 0 Å². The number of aryl methyl sites for hydroxylation is 1. The molecule has 0 aliphatic carbocycles. The number of hydrogen-bond donors (Lipinski definition) is 4. The maximum Gasteiger partial charge on any atom is 0.347 e. The fraction of sp³-hybridized carbons (Fsp3) is 0.150. The molecule has 2 aromatic carbocycles. The Kier molecular flexibility index (Phi) is 5.21. The standard InChI is InChI=1S/C20H20N4O3/c1-2-3-16-17(19(22)24-20(26)23-16)18(21)12-4-8-14(9-5-12)27-15-10-6-13(25)7-11-15/h4-11,21,25H,2-3H2,1H3,(H3,22,23,24,26). The van der Waals surface area contributed by atoms with Crippen molar-refractivity contribution < 1.29 is 9.84 Å². The lowest BCUT2D eigenvalue weighted by atomic mass is 9.99. The van der Waals surface area contributed by atoms with Crippen LogP contribution in [0, 0.1) is 5.41 Å². The lowest BCUT2D eigenvalue weighted by molar-refractivity contribution is 0.464. The quantitative estimate of drug-likeness (QED) is 0.500. The molecule has 27 heavy (non-hydrogen) atoms. The summed E-state index contributed by atoms with van der Waals surface area (Å²) in [7, 11) is 0. The molecule has 3 aromatic rings. The van der Waals surface area contributed by atoms with Gasteiger partial charge >= 0.3 is 5.69 Å². The summed E-state index contributed by atoms with van der Waals surface area (Å²) in [5.41, 5.74) is 7.29. The number of hydrogen-bond acceptors (Lipinski definition) is 6. The largest absolute Gasteiger partial charge is 0.508 e. The van der Waals surface area contributed by atoms with E-state index in [1.165, 1.54) is 0 Å². The Morgan fingerprint density at radius 2 is 1.74 bits per heavy atom. The molecule has 0 fully saturated rings. The van der Waals surface area contributed by atoms with Crippen LogP contribution in [0.3, 0.4) is 0 Å². The Morgan fingerprint density at radius 1 is 1.15 bits per heavy atom. The highest BCUT2D eigenvalue weighted by atomic mass is 16.5. The molecule has 138 valence electrons. The number of nitrogens with one attached hydrogen (secondary N) is 2. The van der Waals surface area contributed by atoms with Gasteiger partial charge in [0, 0.05) is 11.3 Å². The second kappa shape index (κ2) is 7.74. The maximum absolute atomic E-state index is 11.6. The highest BCUT2D eigenvalue weighted by molar-refractivity contribution is 6.14. The molecular formula is C20H20N4O3. The maximum atomic E-state index is 11.6. The molecule has 0 unspecified atom stereocenters. The number of rotatable bonds is 6. The van der Waals surface area contributed by atoms with Crippen molar-refractivity contribution >= 4 is 11.5 Å². The van der Waals surface area contributed by atoms with E-state index in [0.29, 0.717) is 34.7 Å². The van der Waals surface area contributed by atoms with Crippen LogP contribution < -0.4 is 16.2 Å². The highest BCUT2D eigenvalue weighted by Gasteiger charge is 2.16. The van der Waals surface area contributed by atoms with Crippen LogP contribution >= 0.6 is 0 Å². The molecule has 7 nitrogen and oxygen atoms in total. The number of anilines is 1. The predicted molar refractivity (Wildman–Crippen MR) is 104 cm³/mol. The molecule has 1 heterocycles. The number of phenols is 1. The number of H-pyrrole nitrogens is 1. The van der Waals surface area contributed by atoms with E-state index >= 15 is 0 Å². The van der Waals surface area contributed by atoms with Crippen molar-refractivity contribution in [2.75, 3.05) is 5.73 Å². The average Bonchev–Trinajstić information content (AvgIpc) is 2.64. The minimum atomic E-state index is -0.509. The third-order valence-corrected chi connectivity index (χ3v) is 4.00. The summed E-state index contributed by atoms with van der Waals surface area (Å²) < 4.78 is 5.71. The van der Waals surface area contributed by atoms with Crippen molar-refractivity contribution in [1.29, 1.82) is 5.41 Å². The van der Waals surface area contributed by atoms with Gasteiger partial charge in [0.2, 0.25) is 0 Å². The number of benzene rings is 2. The first-order chi connectivity index (χ1) is 13.0. The smallest absolute Gasteiger partial charge is 0.347 e. The van der Waals surface area contributed by atoms with Gasteiger partial charge in [-0.05, 0) is 55.0 Å². The summed E-state index contributed by atoms with van der Waals surface area (Å²) in [5.74, 6) is 1.41. The van der Waals surface area contributed by atoms with Gasteiger partial charge in [-0.25, -0.2) is 4.79 Å². The van der Waals surface area contributed by atoms with Crippen molar-refractivity contribution in [2.45, 2.75) is 19.8 Å². The Bertz CT molecular complexity index is 1010. The molecule has 0 amide bonds. The molecule has 0 saturated heterocycles. The number of aromatic amines is 1. The third kappa shape index (κ3) is 4.14. The molecule has 0 bridgehead atoms. The Morgan fingerprint density at radius 3 is 2.33 bits per heavy atom. The Hall–Kier alpha value is -3.61. The van der Waals surface area contributed by atoms with E-state index < -0.39 is 5.69 Å². The van der Waals surface area contributed by atoms with Gasteiger partial charge in [-0.2, -0.15) is 4.98 Å². The van der Waals surface area contributed by atoms with E-state index in [9.17, 15) is 9.90 Å². The monoisotopic (exact) mass is 364 g/mol. The molecule has 5 N–H and O–H groups in total. The van der Waals surface area contributed by atoms with E-state index in [1.54, 1.807) is 48.5 Å². The summed E-state index contributed by atoms with van der Waals surface area (Å²) in [5, 5.41) is 17.8. The van der Waals surface area contributed by atoms with Gasteiger partial charge < -0.3 is 20.6 Å². The molecule has 0 aliphatic rings. The van der Waals surface area contributed by atoms with Crippen molar-refractivity contribution in [3.63, 3.8) is 0 Å². The van der Waals surface area contributed by atoms with Gasteiger partial charge in [0.15, 0.2) is 0 Å². The summed E-state index contributed by atoms with van der Waals surface area (Å²) in [6.07, 6.45) is 1.40. The Balaban J connectivity index is 1.86. The van der Waals surface area contributed by atoms with Crippen LogP contribution in [-0.4, -0.2) is 20.8 Å². The van der Waals surface area contributed by atoms with Crippen LogP contribution in [0.2, 0.25) is 0 Å². The average molecular weight is 364 g/mol. The van der Waals surface area contributed by atoms with E-state index in [1.807, 2.05) is 6.92 Å². The van der Waals surface area contributed by atoms with Gasteiger partial charge in [0.05, 0.1) is 11.3 Å². The molecule has 0 saturated carbocycles. The van der Waals surface area contributed by atoms with Crippen molar-refractivity contribution in [3.8, 4) is 17.2 Å². The van der Waals surface area contributed by atoms with Gasteiger partial charge in [0.25, 0.3) is 0 Å². The van der Waals surface area contributed by atoms with Gasteiger partial charge in [0.1, 0.15) is 23.1 Å². The predicted octanol–water partition coefficient (Wildman–Crippen LogP) is 3.22. The van der Waals surface area contributed by atoms with Crippen LogP contribution in [0.1, 0.15) is 30.2 Å². The zero-order valence-electron chi connectivity index (χ0n) is 14.8. The summed E-state index contributed by atoms with van der Waals surface area (Å²) in [4.78, 5) is 18.0. The molecule has 1 aromatic heterocycles. The number of phenolic OH excluding ortho intramolecular Hbond substituents is 1. The highest BCUT2D eigenvalue weighted by Crippen LogP contribution is 2.25. The van der Waals surface area contributed by atoms with Crippen molar-refractivity contribution in [3.05, 3.63) is 75.8 Å². The van der Waals surface area contributed by atoms with Crippen molar-refractivity contribution in [1.82, 2.24) is 9.97 Å². The lowest BCUT2D eigenvalue weighted by Crippen LogP contribution is -2.21. The van der Waals surface area contributed by atoms with E-state index in [2.05, 4.69) is 9.97 Å². The number of ether oxygens (including phenoxy) is 1. The number of nitrogens with zero attached hydrogens (tertiary/aromatic N) is 1. The molecule has 0 atom stereocenters. The van der Waals surface area contributed by atoms with Crippen LogP contribution in [0.5, 0.6) is 17.2 Å². The van der Waals surface area contributed by atoms with Gasteiger partial charge in [-0.1, -0.05) is 13.3 Å². The van der Waals surface area contributed by atoms with Crippen molar-refractivity contribution in [2.24, 2.45) is 0 Å². The number of aromatic hydroxyl groups is 1. The van der Waals surface area contributed by atoms with Crippen LogP contribution in [-0.2, 0) is 6.42 Å². The minimum Gasteiger partial charge on any atom is -0.508 e.